The normalized spacial score (nSPS) is 12.3. The first-order valence-electron chi connectivity index (χ1n) is 20.1. The van der Waals surface area contributed by atoms with E-state index in [0.717, 1.165) is 27.8 Å². The summed E-state index contributed by atoms with van der Waals surface area (Å²) in [4.78, 5) is 47.3. The number of H-pyrrole nitrogens is 1. The Morgan fingerprint density at radius 1 is 0.733 bits per heavy atom. The van der Waals surface area contributed by atoms with Crippen molar-refractivity contribution in [2.75, 3.05) is 6.61 Å². The van der Waals surface area contributed by atoms with Gasteiger partial charge in [0.25, 0.3) is 11.8 Å². The fraction of sp³-hybridized carbons (Fsp3) is 0.364. The lowest BCUT2D eigenvalue weighted by atomic mass is 10.1. The van der Waals surface area contributed by atoms with Gasteiger partial charge in [-0.05, 0) is 85.7 Å². The molecule has 0 atom stereocenters. The maximum atomic E-state index is 13.1. The standard InChI is InChI=1S/C25H34N6O2Si.C19H20N6O/c1-17-8-9-20-18(12-17)13-27-31(20)21-14-26-23-22(28-21)19(24(32)29-25(2,3)4)15-30(23)16-33-10-11-34(5,6)7;1-11-5-6-14-12(7-11)8-22-25(14)15-10-21-17-16(23-15)13(9-20-17)18(26)24-19(2,3)4/h8-9,12-15H,10-11,16H2,1-7H3,(H,29,32);5-10H,1-4H3,(H,20,21)(H,24,26). The molecular weight excluding hydrogens is 773 g/mol. The molecule has 8 rings (SSSR count). The molecule has 312 valence electrons. The first-order valence-corrected chi connectivity index (χ1v) is 23.8. The molecule has 8 aromatic rings. The Hall–Kier alpha value is -6.26. The molecule has 0 radical (unpaired) electrons. The number of benzene rings is 2. The van der Waals surface area contributed by atoms with Crippen molar-refractivity contribution in [3.8, 4) is 11.6 Å². The van der Waals surface area contributed by atoms with Crippen molar-refractivity contribution in [2.45, 2.75) is 98.9 Å². The quantitative estimate of drug-likeness (QED) is 0.0961. The van der Waals surface area contributed by atoms with Crippen LogP contribution in [0.2, 0.25) is 25.7 Å². The Labute approximate surface area is 350 Å². The molecular formula is C44H54N12O3Si. The van der Waals surface area contributed by atoms with E-state index in [1.807, 2.05) is 83.5 Å². The number of aryl methyl sites for hydroxylation is 2. The van der Waals surface area contributed by atoms with E-state index < -0.39 is 8.07 Å². The number of nitrogens with one attached hydrogen (secondary N) is 3. The number of nitrogens with zero attached hydrogens (tertiary/aromatic N) is 9. The van der Waals surface area contributed by atoms with Crippen LogP contribution in [-0.2, 0) is 11.5 Å². The molecule has 0 bridgehead atoms. The molecule has 0 aliphatic rings. The van der Waals surface area contributed by atoms with Crippen molar-refractivity contribution >= 4 is 64.0 Å². The lowest BCUT2D eigenvalue weighted by Gasteiger charge is -2.20. The molecule has 0 unspecified atom stereocenters. The van der Waals surface area contributed by atoms with E-state index in [1.54, 1.807) is 40.3 Å². The molecule has 3 N–H and O–H groups in total. The van der Waals surface area contributed by atoms with Crippen LogP contribution < -0.4 is 10.6 Å². The SMILES string of the molecule is Cc1ccc2c(cnn2-c2cnc3[nH]cc(C(=O)NC(C)(C)C)c3n2)c1.Cc1ccc2c(cnn2-c2cnc3c(n2)c(C(=O)NC(C)(C)C)cn3COCC[Si](C)(C)C)c1. The molecule has 2 aromatic carbocycles. The third kappa shape index (κ3) is 9.45. The Balaban J connectivity index is 0.000000188. The van der Waals surface area contributed by atoms with Gasteiger partial charge in [0.2, 0.25) is 0 Å². The summed E-state index contributed by atoms with van der Waals surface area (Å²) in [6, 6.07) is 13.3. The minimum atomic E-state index is -1.19. The highest BCUT2D eigenvalue weighted by Crippen LogP contribution is 2.25. The van der Waals surface area contributed by atoms with E-state index in [9.17, 15) is 9.59 Å². The van der Waals surface area contributed by atoms with Gasteiger partial charge in [-0.2, -0.15) is 10.2 Å². The number of amides is 2. The van der Waals surface area contributed by atoms with Crippen molar-refractivity contribution in [2.24, 2.45) is 0 Å². The van der Waals surface area contributed by atoms with Crippen LogP contribution in [0.4, 0.5) is 0 Å². The summed E-state index contributed by atoms with van der Waals surface area (Å²) in [6.07, 6.45) is 10.4. The maximum absolute atomic E-state index is 13.1. The van der Waals surface area contributed by atoms with Gasteiger partial charge in [0, 0.05) is 48.9 Å². The van der Waals surface area contributed by atoms with Gasteiger partial charge in [0.15, 0.2) is 22.9 Å². The zero-order valence-electron chi connectivity index (χ0n) is 36.3. The third-order valence-corrected chi connectivity index (χ3v) is 11.2. The Morgan fingerprint density at radius 2 is 1.27 bits per heavy atom. The van der Waals surface area contributed by atoms with E-state index in [0.29, 0.717) is 58.4 Å². The molecule has 0 saturated heterocycles. The van der Waals surface area contributed by atoms with Crippen LogP contribution in [-0.4, -0.2) is 86.6 Å². The topological polar surface area (TPSA) is 175 Å². The molecule has 6 aromatic heterocycles. The van der Waals surface area contributed by atoms with Crippen molar-refractivity contribution < 1.29 is 14.3 Å². The lowest BCUT2D eigenvalue weighted by molar-refractivity contribution is 0.0884. The number of carbonyl (C=O) groups is 2. The van der Waals surface area contributed by atoms with E-state index in [4.69, 9.17) is 9.72 Å². The second-order valence-electron chi connectivity index (χ2n) is 18.5. The molecule has 0 aliphatic heterocycles. The number of carbonyl (C=O) groups excluding carboxylic acids is 2. The largest absolute Gasteiger partial charge is 0.361 e. The first kappa shape index (κ1) is 41.9. The molecule has 0 aliphatic carbocycles. The van der Waals surface area contributed by atoms with Gasteiger partial charge in [-0.15, -0.1) is 0 Å². The number of aromatic amines is 1. The summed E-state index contributed by atoms with van der Waals surface area (Å²) < 4.78 is 11.3. The fourth-order valence-electron chi connectivity index (χ4n) is 6.59. The van der Waals surface area contributed by atoms with Crippen molar-refractivity contribution in [1.82, 2.24) is 59.7 Å². The summed E-state index contributed by atoms with van der Waals surface area (Å²) in [5, 5.41) is 17.0. The maximum Gasteiger partial charge on any atom is 0.255 e. The summed E-state index contributed by atoms with van der Waals surface area (Å²) in [5.41, 5.74) is 6.70. The van der Waals surface area contributed by atoms with Crippen molar-refractivity contribution in [1.29, 1.82) is 0 Å². The molecule has 0 saturated carbocycles. The van der Waals surface area contributed by atoms with E-state index in [2.05, 4.69) is 79.5 Å². The summed E-state index contributed by atoms with van der Waals surface area (Å²) in [7, 11) is -1.19. The Bertz CT molecular complexity index is 2870. The van der Waals surface area contributed by atoms with Crippen LogP contribution in [0.5, 0.6) is 0 Å². The number of ether oxygens (including phenoxy) is 1. The van der Waals surface area contributed by atoms with Gasteiger partial charge in [-0.3, -0.25) is 9.59 Å². The summed E-state index contributed by atoms with van der Waals surface area (Å²) >= 11 is 0. The van der Waals surface area contributed by atoms with Crippen LogP contribution in [0.3, 0.4) is 0 Å². The summed E-state index contributed by atoms with van der Waals surface area (Å²) in [6.45, 7) is 23.8. The van der Waals surface area contributed by atoms with Crippen LogP contribution in [0.1, 0.15) is 73.4 Å². The van der Waals surface area contributed by atoms with Gasteiger partial charge < -0.3 is 24.9 Å². The highest BCUT2D eigenvalue weighted by atomic mass is 28.3. The zero-order valence-corrected chi connectivity index (χ0v) is 37.3. The Kier molecular flexibility index (Phi) is 11.2. The van der Waals surface area contributed by atoms with Gasteiger partial charge in [0.05, 0.1) is 46.9 Å². The number of aromatic nitrogens is 10. The minimum Gasteiger partial charge on any atom is -0.361 e. The predicted molar refractivity (Wildman–Crippen MR) is 239 cm³/mol. The van der Waals surface area contributed by atoms with E-state index >= 15 is 0 Å². The average molecular weight is 827 g/mol. The summed E-state index contributed by atoms with van der Waals surface area (Å²) in [5.74, 6) is 0.760. The van der Waals surface area contributed by atoms with Crippen LogP contribution in [0.25, 0.3) is 55.8 Å². The highest BCUT2D eigenvalue weighted by molar-refractivity contribution is 6.76. The van der Waals surface area contributed by atoms with E-state index in [-0.39, 0.29) is 22.9 Å². The average Bonchev–Trinajstić information content (AvgIpc) is 3.95. The molecule has 16 heteroatoms. The molecule has 0 spiro atoms. The van der Waals surface area contributed by atoms with Crippen molar-refractivity contribution in [3.05, 3.63) is 95.8 Å². The van der Waals surface area contributed by atoms with Gasteiger partial charge in [-0.1, -0.05) is 42.9 Å². The van der Waals surface area contributed by atoms with Gasteiger partial charge in [-0.25, -0.2) is 29.3 Å². The van der Waals surface area contributed by atoms with Gasteiger partial charge >= 0.3 is 0 Å². The van der Waals surface area contributed by atoms with Crippen LogP contribution in [0, 0.1) is 13.8 Å². The van der Waals surface area contributed by atoms with Crippen LogP contribution >= 0.6 is 0 Å². The molecule has 60 heavy (non-hydrogen) atoms. The van der Waals surface area contributed by atoms with Crippen molar-refractivity contribution in [3.63, 3.8) is 0 Å². The molecule has 2 amide bonds. The number of hydrogen-bond acceptors (Lipinski definition) is 9. The Morgan fingerprint density at radius 3 is 1.82 bits per heavy atom. The molecule has 6 heterocycles. The monoisotopic (exact) mass is 826 g/mol. The number of fused-ring (bicyclic) bond motifs is 4. The zero-order chi connectivity index (χ0) is 43.1. The predicted octanol–water partition coefficient (Wildman–Crippen LogP) is 8.05. The number of rotatable bonds is 9. The number of hydrogen-bond donors (Lipinski definition) is 3. The smallest absolute Gasteiger partial charge is 0.255 e. The third-order valence-electron chi connectivity index (χ3n) is 9.49. The minimum absolute atomic E-state index is 0.184. The first-order chi connectivity index (χ1) is 28.2. The lowest BCUT2D eigenvalue weighted by Crippen LogP contribution is -2.40. The second-order valence-corrected chi connectivity index (χ2v) is 24.2. The van der Waals surface area contributed by atoms with Gasteiger partial charge in [0.1, 0.15) is 17.8 Å². The second kappa shape index (κ2) is 16.1. The van der Waals surface area contributed by atoms with Crippen LogP contribution in [0.15, 0.2) is 73.6 Å². The molecule has 0 fully saturated rings. The highest BCUT2D eigenvalue weighted by Gasteiger charge is 2.24. The fourth-order valence-corrected chi connectivity index (χ4v) is 7.35. The van der Waals surface area contributed by atoms with E-state index in [1.165, 1.54) is 11.1 Å². The molecule has 15 nitrogen and oxygen atoms in total.